The van der Waals surface area contributed by atoms with Gasteiger partial charge in [-0.3, -0.25) is 9.59 Å². The second kappa shape index (κ2) is 8.71. The number of amides is 2. The molecular weight excluding hydrogens is 302 g/mol. The first-order chi connectivity index (χ1) is 11.5. The molecule has 2 N–H and O–H groups in total. The topological polar surface area (TPSA) is 61.4 Å². The smallest absolute Gasteiger partial charge is 0.253 e. The predicted molar refractivity (Wildman–Crippen MR) is 98.6 cm³/mol. The molecule has 0 spiro atoms. The summed E-state index contributed by atoms with van der Waals surface area (Å²) in [5, 5.41) is 5.87. The molecule has 0 unspecified atom stereocenters. The molecule has 24 heavy (non-hydrogen) atoms. The number of nitrogens with one attached hydrogen (secondary N) is 2. The Labute approximate surface area is 144 Å². The summed E-state index contributed by atoms with van der Waals surface area (Å²) in [6, 6.07) is 5.65. The number of anilines is 2. The van der Waals surface area contributed by atoms with Crippen molar-refractivity contribution in [3.8, 4) is 0 Å². The van der Waals surface area contributed by atoms with Crippen molar-refractivity contribution in [1.29, 1.82) is 0 Å². The van der Waals surface area contributed by atoms with Crippen molar-refractivity contribution in [3.63, 3.8) is 0 Å². The fourth-order valence-corrected chi connectivity index (χ4v) is 2.87. The Morgan fingerprint density at radius 1 is 1.21 bits per heavy atom. The van der Waals surface area contributed by atoms with Crippen LogP contribution < -0.4 is 15.5 Å². The highest BCUT2D eigenvalue weighted by Crippen LogP contribution is 2.27. The summed E-state index contributed by atoms with van der Waals surface area (Å²) in [6.45, 7) is 8.72. The van der Waals surface area contributed by atoms with Crippen molar-refractivity contribution in [2.24, 2.45) is 5.92 Å². The number of carbonyl (C=O) groups is 2. The summed E-state index contributed by atoms with van der Waals surface area (Å²) in [5.41, 5.74) is 2.29. The first-order valence-electron chi connectivity index (χ1n) is 8.98. The highest BCUT2D eigenvalue weighted by molar-refractivity contribution is 6.02. The van der Waals surface area contributed by atoms with Crippen LogP contribution >= 0.6 is 0 Å². The first kappa shape index (κ1) is 18.3. The van der Waals surface area contributed by atoms with Gasteiger partial charge >= 0.3 is 0 Å². The number of hydrogen-bond acceptors (Lipinski definition) is 3. The predicted octanol–water partition coefficient (Wildman–Crippen LogP) is 3.41. The minimum absolute atomic E-state index is 0.0139. The molecule has 1 saturated heterocycles. The lowest BCUT2D eigenvalue weighted by atomic mass is 10.1. The molecule has 1 aromatic carbocycles. The molecule has 132 valence electrons. The van der Waals surface area contributed by atoms with Gasteiger partial charge in [0, 0.05) is 37.4 Å². The van der Waals surface area contributed by atoms with E-state index in [-0.39, 0.29) is 11.8 Å². The average molecular weight is 331 g/mol. The second-order valence-corrected chi connectivity index (χ2v) is 6.83. The Hall–Kier alpha value is -2.04. The minimum atomic E-state index is -0.0720. The zero-order valence-corrected chi connectivity index (χ0v) is 15.0. The van der Waals surface area contributed by atoms with E-state index in [0.717, 1.165) is 38.0 Å². The molecule has 5 heteroatoms. The molecule has 1 aliphatic heterocycles. The third-order valence-corrected chi connectivity index (χ3v) is 4.12. The summed E-state index contributed by atoms with van der Waals surface area (Å²) in [5.74, 6) is 0.314. The zero-order valence-electron chi connectivity index (χ0n) is 15.0. The van der Waals surface area contributed by atoms with E-state index in [0.29, 0.717) is 30.1 Å². The van der Waals surface area contributed by atoms with E-state index < -0.39 is 0 Å². The number of nitrogens with zero attached hydrogens (tertiary/aromatic N) is 1. The van der Waals surface area contributed by atoms with Gasteiger partial charge in [0.05, 0.1) is 5.56 Å². The van der Waals surface area contributed by atoms with Gasteiger partial charge in [-0.05, 0) is 43.4 Å². The monoisotopic (exact) mass is 331 g/mol. The van der Waals surface area contributed by atoms with Crippen LogP contribution in [0.25, 0.3) is 0 Å². The van der Waals surface area contributed by atoms with Crippen LogP contribution in [-0.4, -0.2) is 31.4 Å². The number of benzene rings is 1. The van der Waals surface area contributed by atoms with E-state index in [4.69, 9.17) is 0 Å². The Bertz CT molecular complexity index is 578. The quantitative estimate of drug-likeness (QED) is 0.805. The van der Waals surface area contributed by atoms with E-state index in [9.17, 15) is 9.59 Å². The van der Waals surface area contributed by atoms with Crippen molar-refractivity contribution in [2.75, 3.05) is 29.9 Å². The number of hydrogen-bond donors (Lipinski definition) is 2. The molecule has 2 amide bonds. The van der Waals surface area contributed by atoms with Gasteiger partial charge in [0.15, 0.2) is 0 Å². The lowest BCUT2D eigenvalue weighted by Gasteiger charge is -2.22. The van der Waals surface area contributed by atoms with Gasteiger partial charge in [-0.1, -0.05) is 20.8 Å². The van der Waals surface area contributed by atoms with Gasteiger partial charge in [0.1, 0.15) is 0 Å². The molecule has 0 radical (unpaired) electrons. The van der Waals surface area contributed by atoms with E-state index in [1.807, 2.05) is 19.1 Å². The molecule has 0 atom stereocenters. The number of rotatable bonds is 7. The fourth-order valence-electron chi connectivity index (χ4n) is 2.87. The Morgan fingerprint density at radius 3 is 2.54 bits per heavy atom. The molecule has 0 bridgehead atoms. The van der Waals surface area contributed by atoms with Gasteiger partial charge < -0.3 is 15.5 Å². The van der Waals surface area contributed by atoms with Crippen molar-refractivity contribution in [1.82, 2.24) is 5.32 Å². The largest absolute Gasteiger partial charge is 0.371 e. The van der Waals surface area contributed by atoms with E-state index in [2.05, 4.69) is 29.4 Å². The Balaban J connectivity index is 2.23. The van der Waals surface area contributed by atoms with E-state index in [1.54, 1.807) is 6.07 Å². The molecule has 1 fully saturated rings. The molecule has 2 rings (SSSR count). The van der Waals surface area contributed by atoms with Crippen LogP contribution in [0.15, 0.2) is 18.2 Å². The van der Waals surface area contributed by atoms with Crippen molar-refractivity contribution in [3.05, 3.63) is 23.8 Å². The van der Waals surface area contributed by atoms with Gasteiger partial charge in [-0.15, -0.1) is 0 Å². The van der Waals surface area contributed by atoms with E-state index in [1.165, 1.54) is 0 Å². The van der Waals surface area contributed by atoms with Crippen LogP contribution in [0, 0.1) is 5.92 Å². The minimum Gasteiger partial charge on any atom is -0.371 e. The van der Waals surface area contributed by atoms with Crippen LogP contribution in [0.1, 0.15) is 56.8 Å². The normalized spacial score (nSPS) is 14.1. The lowest BCUT2D eigenvalue weighted by molar-refractivity contribution is -0.116. The summed E-state index contributed by atoms with van der Waals surface area (Å²) < 4.78 is 0. The van der Waals surface area contributed by atoms with Crippen molar-refractivity contribution in [2.45, 2.75) is 46.5 Å². The molecule has 5 nitrogen and oxygen atoms in total. The molecule has 0 aromatic heterocycles. The molecular formula is C19H29N3O2. The molecule has 1 aromatic rings. The highest BCUT2D eigenvalue weighted by Gasteiger charge is 2.20. The lowest BCUT2D eigenvalue weighted by Crippen LogP contribution is -2.30. The summed E-state index contributed by atoms with van der Waals surface area (Å²) in [7, 11) is 0. The van der Waals surface area contributed by atoms with Crippen LogP contribution in [0.5, 0.6) is 0 Å². The second-order valence-electron chi connectivity index (χ2n) is 6.83. The molecule has 0 aliphatic carbocycles. The van der Waals surface area contributed by atoms with Gasteiger partial charge in [0.25, 0.3) is 5.91 Å². The summed E-state index contributed by atoms with van der Waals surface area (Å²) in [6.07, 6.45) is 3.60. The van der Waals surface area contributed by atoms with Gasteiger partial charge in [0.2, 0.25) is 5.91 Å². The SMILES string of the molecule is CCCC(=O)Nc1ccc(N2CCCC2)c(C(=O)NCC(C)C)c1. The summed E-state index contributed by atoms with van der Waals surface area (Å²) >= 11 is 0. The third kappa shape index (κ3) is 4.98. The maximum Gasteiger partial charge on any atom is 0.253 e. The fraction of sp³-hybridized carbons (Fsp3) is 0.579. The third-order valence-electron chi connectivity index (χ3n) is 4.12. The molecule has 0 saturated carbocycles. The Morgan fingerprint density at radius 2 is 1.92 bits per heavy atom. The standard InChI is InChI=1S/C19H29N3O2/c1-4-7-18(23)21-15-8-9-17(22-10-5-6-11-22)16(12-15)19(24)20-13-14(2)3/h8-9,12,14H,4-7,10-11,13H2,1-3H3,(H,20,24)(H,21,23). The van der Waals surface area contributed by atoms with Crippen LogP contribution in [0.2, 0.25) is 0 Å². The van der Waals surface area contributed by atoms with Crippen molar-refractivity contribution >= 4 is 23.2 Å². The van der Waals surface area contributed by atoms with Crippen LogP contribution in [0.4, 0.5) is 11.4 Å². The van der Waals surface area contributed by atoms with Gasteiger partial charge in [-0.25, -0.2) is 0 Å². The molecule has 1 aliphatic rings. The average Bonchev–Trinajstić information content (AvgIpc) is 3.07. The molecule has 1 heterocycles. The maximum atomic E-state index is 12.6. The van der Waals surface area contributed by atoms with Crippen molar-refractivity contribution < 1.29 is 9.59 Å². The zero-order chi connectivity index (χ0) is 17.5. The summed E-state index contributed by atoms with van der Waals surface area (Å²) in [4.78, 5) is 26.7. The highest BCUT2D eigenvalue weighted by atomic mass is 16.2. The number of carbonyl (C=O) groups excluding carboxylic acids is 2. The maximum absolute atomic E-state index is 12.6. The first-order valence-corrected chi connectivity index (χ1v) is 8.98. The van der Waals surface area contributed by atoms with Gasteiger partial charge in [-0.2, -0.15) is 0 Å². The van der Waals surface area contributed by atoms with Crippen LogP contribution in [-0.2, 0) is 4.79 Å². The van der Waals surface area contributed by atoms with E-state index >= 15 is 0 Å². The van der Waals surface area contributed by atoms with Crippen LogP contribution in [0.3, 0.4) is 0 Å². The Kier molecular flexibility index (Phi) is 6.64.